The zero-order valence-electron chi connectivity index (χ0n) is 11.3. The molecule has 0 unspecified atom stereocenters. The predicted octanol–water partition coefficient (Wildman–Crippen LogP) is 2.10. The van der Waals surface area contributed by atoms with Crippen LogP contribution in [0.1, 0.15) is 30.9 Å². The lowest BCUT2D eigenvalue weighted by Crippen LogP contribution is -2.39. The molecule has 3 heteroatoms. The second kappa shape index (κ2) is 6.01. The van der Waals surface area contributed by atoms with Gasteiger partial charge in [0, 0.05) is 12.6 Å². The van der Waals surface area contributed by atoms with Gasteiger partial charge in [-0.3, -0.25) is 4.79 Å². The highest BCUT2D eigenvalue weighted by Gasteiger charge is 2.32. The Balaban J connectivity index is 2.00. The molecule has 18 heavy (non-hydrogen) atoms. The van der Waals surface area contributed by atoms with Gasteiger partial charge in [0.1, 0.15) is 0 Å². The highest BCUT2D eigenvalue weighted by Crippen LogP contribution is 2.28. The number of nitrogens with zero attached hydrogens (tertiary/aromatic N) is 1. The molecule has 0 atom stereocenters. The second-order valence-electron chi connectivity index (χ2n) is 5.02. The minimum atomic E-state index is 0.223. The molecule has 0 spiro atoms. The van der Waals surface area contributed by atoms with Crippen LogP contribution in [0.2, 0.25) is 0 Å². The summed E-state index contributed by atoms with van der Waals surface area (Å²) in [4.78, 5) is 14.2. The number of rotatable bonds is 6. The van der Waals surface area contributed by atoms with Crippen LogP contribution in [0.3, 0.4) is 0 Å². The summed E-state index contributed by atoms with van der Waals surface area (Å²) >= 11 is 0. The third-order valence-corrected chi connectivity index (χ3v) is 3.27. The van der Waals surface area contributed by atoms with Crippen LogP contribution in [0.4, 0.5) is 0 Å². The van der Waals surface area contributed by atoms with Crippen molar-refractivity contribution in [1.29, 1.82) is 0 Å². The second-order valence-corrected chi connectivity index (χ2v) is 5.02. The van der Waals surface area contributed by atoms with Gasteiger partial charge in [0.2, 0.25) is 5.91 Å². The molecule has 1 fully saturated rings. The summed E-state index contributed by atoms with van der Waals surface area (Å²) in [5.41, 5.74) is 2.48. The van der Waals surface area contributed by atoms with E-state index < -0.39 is 0 Å². The summed E-state index contributed by atoms with van der Waals surface area (Å²) in [6.07, 6.45) is 2.31. The van der Waals surface area contributed by atoms with Crippen LogP contribution in [-0.4, -0.2) is 29.9 Å². The van der Waals surface area contributed by atoms with Gasteiger partial charge in [0.15, 0.2) is 0 Å². The Labute approximate surface area is 109 Å². The van der Waals surface area contributed by atoms with Crippen LogP contribution >= 0.6 is 0 Å². The van der Waals surface area contributed by atoms with Crippen molar-refractivity contribution in [3.63, 3.8) is 0 Å². The number of nitrogens with one attached hydrogen (secondary N) is 1. The first-order valence-electron chi connectivity index (χ1n) is 6.76. The van der Waals surface area contributed by atoms with E-state index in [1.165, 1.54) is 11.1 Å². The summed E-state index contributed by atoms with van der Waals surface area (Å²) < 4.78 is 0. The van der Waals surface area contributed by atoms with Crippen molar-refractivity contribution < 1.29 is 4.79 Å². The van der Waals surface area contributed by atoms with Crippen LogP contribution in [-0.2, 0) is 11.3 Å². The summed E-state index contributed by atoms with van der Waals surface area (Å²) in [6, 6.07) is 8.88. The van der Waals surface area contributed by atoms with Crippen LogP contribution in [0.5, 0.6) is 0 Å². The molecule has 0 saturated heterocycles. The van der Waals surface area contributed by atoms with Gasteiger partial charge < -0.3 is 10.2 Å². The third kappa shape index (κ3) is 3.57. The zero-order chi connectivity index (χ0) is 13.0. The van der Waals surface area contributed by atoms with Crippen molar-refractivity contribution in [1.82, 2.24) is 10.2 Å². The summed E-state index contributed by atoms with van der Waals surface area (Å²) in [7, 11) is 0. The van der Waals surface area contributed by atoms with E-state index in [1.54, 1.807) is 0 Å². The third-order valence-electron chi connectivity index (χ3n) is 3.27. The molecule has 98 valence electrons. The van der Waals surface area contributed by atoms with Crippen molar-refractivity contribution in [2.45, 2.75) is 39.3 Å². The lowest BCUT2D eigenvalue weighted by atomic mass is 10.1. The first-order chi connectivity index (χ1) is 8.70. The highest BCUT2D eigenvalue weighted by molar-refractivity contribution is 5.79. The van der Waals surface area contributed by atoms with Crippen molar-refractivity contribution in [2.75, 3.05) is 13.1 Å². The molecule has 1 N–H and O–H groups in total. The van der Waals surface area contributed by atoms with E-state index in [9.17, 15) is 4.79 Å². The summed E-state index contributed by atoms with van der Waals surface area (Å²) in [5, 5.41) is 3.12. The Morgan fingerprint density at radius 1 is 1.44 bits per heavy atom. The molecular weight excluding hydrogens is 224 g/mol. The maximum absolute atomic E-state index is 12.1. The quantitative estimate of drug-likeness (QED) is 0.833. The lowest BCUT2D eigenvalue weighted by molar-refractivity contribution is -0.131. The molecule has 1 aromatic carbocycles. The topological polar surface area (TPSA) is 32.3 Å². The fourth-order valence-electron chi connectivity index (χ4n) is 2.15. The Morgan fingerprint density at radius 2 is 2.22 bits per heavy atom. The van der Waals surface area contributed by atoms with Gasteiger partial charge in [-0.15, -0.1) is 0 Å². The van der Waals surface area contributed by atoms with Gasteiger partial charge in [-0.1, -0.05) is 36.8 Å². The van der Waals surface area contributed by atoms with Gasteiger partial charge in [-0.25, -0.2) is 0 Å². The number of carbonyl (C=O) groups excluding carboxylic acids is 1. The molecular formula is C15H22N2O. The van der Waals surface area contributed by atoms with Gasteiger partial charge in [-0.2, -0.15) is 0 Å². The molecule has 3 nitrogen and oxygen atoms in total. The first kappa shape index (κ1) is 13.1. The number of aryl methyl sites for hydroxylation is 1. The fourth-order valence-corrected chi connectivity index (χ4v) is 2.15. The van der Waals surface area contributed by atoms with Crippen LogP contribution in [0.25, 0.3) is 0 Å². The predicted molar refractivity (Wildman–Crippen MR) is 73.3 cm³/mol. The number of hydrogen-bond acceptors (Lipinski definition) is 2. The highest BCUT2D eigenvalue weighted by atomic mass is 16.2. The minimum Gasteiger partial charge on any atom is -0.334 e. The van der Waals surface area contributed by atoms with Crippen LogP contribution < -0.4 is 5.32 Å². The van der Waals surface area contributed by atoms with E-state index in [1.807, 2.05) is 11.8 Å². The largest absolute Gasteiger partial charge is 0.334 e. The van der Waals surface area contributed by atoms with E-state index in [4.69, 9.17) is 0 Å². The Morgan fingerprint density at radius 3 is 2.83 bits per heavy atom. The SMILES string of the molecule is CCNCC(=O)N(Cc1cccc(C)c1)C1CC1. The molecule has 0 bridgehead atoms. The average molecular weight is 246 g/mol. The van der Waals surface area contributed by atoms with Gasteiger partial charge in [0.05, 0.1) is 6.54 Å². The Kier molecular flexibility index (Phi) is 4.37. The molecule has 1 saturated carbocycles. The van der Waals surface area contributed by atoms with Crippen LogP contribution in [0.15, 0.2) is 24.3 Å². The summed E-state index contributed by atoms with van der Waals surface area (Å²) in [5.74, 6) is 0.223. The smallest absolute Gasteiger partial charge is 0.237 e. The standard InChI is InChI=1S/C15H22N2O/c1-3-16-10-15(18)17(14-7-8-14)11-13-6-4-5-12(2)9-13/h4-6,9,14,16H,3,7-8,10-11H2,1-2H3. The fraction of sp³-hybridized carbons (Fsp3) is 0.533. The number of amides is 1. The summed E-state index contributed by atoms with van der Waals surface area (Å²) in [6.45, 7) is 6.16. The zero-order valence-corrected chi connectivity index (χ0v) is 11.3. The van der Waals surface area contributed by atoms with Gasteiger partial charge in [0.25, 0.3) is 0 Å². The van der Waals surface area contributed by atoms with E-state index in [0.29, 0.717) is 12.6 Å². The number of carbonyl (C=O) groups is 1. The number of hydrogen-bond donors (Lipinski definition) is 1. The number of benzene rings is 1. The molecule has 2 rings (SSSR count). The van der Waals surface area contributed by atoms with E-state index >= 15 is 0 Å². The van der Waals surface area contributed by atoms with Crippen LogP contribution in [0, 0.1) is 6.92 Å². The maximum atomic E-state index is 12.1. The van der Waals surface area contributed by atoms with E-state index in [2.05, 4.69) is 36.5 Å². The molecule has 0 aromatic heterocycles. The lowest BCUT2D eigenvalue weighted by Gasteiger charge is -2.23. The number of likely N-dealkylation sites (N-methyl/N-ethyl adjacent to an activating group) is 1. The average Bonchev–Trinajstić information content (AvgIpc) is 3.17. The molecule has 0 heterocycles. The monoisotopic (exact) mass is 246 g/mol. The van der Waals surface area contributed by atoms with Crippen molar-refractivity contribution in [3.05, 3.63) is 35.4 Å². The van der Waals surface area contributed by atoms with E-state index in [0.717, 1.165) is 25.9 Å². The molecule has 1 aliphatic carbocycles. The van der Waals surface area contributed by atoms with Crippen molar-refractivity contribution in [2.24, 2.45) is 0 Å². The molecule has 0 radical (unpaired) electrons. The van der Waals surface area contributed by atoms with Gasteiger partial charge in [-0.05, 0) is 31.9 Å². The van der Waals surface area contributed by atoms with Crippen molar-refractivity contribution in [3.8, 4) is 0 Å². The Hall–Kier alpha value is -1.35. The molecule has 1 aliphatic rings. The first-order valence-corrected chi connectivity index (χ1v) is 6.76. The van der Waals surface area contributed by atoms with Gasteiger partial charge >= 0.3 is 0 Å². The molecule has 0 aliphatic heterocycles. The normalized spacial score (nSPS) is 14.6. The van der Waals surface area contributed by atoms with E-state index in [-0.39, 0.29) is 5.91 Å². The maximum Gasteiger partial charge on any atom is 0.237 e. The molecule has 1 amide bonds. The minimum absolute atomic E-state index is 0.223. The molecule has 1 aromatic rings. The van der Waals surface area contributed by atoms with Crippen molar-refractivity contribution >= 4 is 5.91 Å². The Bertz CT molecular complexity index is 413.